The van der Waals surface area contributed by atoms with Crippen molar-refractivity contribution < 1.29 is 9.53 Å². The number of carbonyl (C=O) groups excluding carboxylic acids is 1. The molecule has 0 unspecified atom stereocenters. The fraction of sp³-hybridized carbons (Fsp3) is 0. The number of carbonyl (C=O) groups is 1. The quantitative estimate of drug-likeness (QED) is 0.588. The van der Waals surface area contributed by atoms with Gasteiger partial charge in [-0.15, -0.1) is 0 Å². The van der Waals surface area contributed by atoms with E-state index in [0.29, 0.717) is 15.8 Å². The van der Waals surface area contributed by atoms with Crippen LogP contribution in [0.3, 0.4) is 0 Å². The van der Waals surface area contributed by atoms with Crippen molar-refractivity contribution in [3.8, 4) is 5.75 Å². The van der Waals surface area contributed by atoms with Crippen LogP contribution in [0.2, 0.25) is 0 Å². The largest absolute Gasteiger partial charge is 0.423 e. The average molecular weight is 356 g/mol. The van der Waals surface area contributed by atoms with Crippen molar-refractivity contribution in [2.75, 3.05) is 0 Å². The van der Waals surface area contributed by atoms with Crippen molar-refractivity contribution in [3.05, 3.63) is 63.0 Å². The van der Waals surface area contributed by atoms with Crippen molar-refractivity contribution in [1.82, 2.24) is 0 Å². The molecular formula is C13H8Br2O2. The highest BCUT2D eigenvalue weighted by Crippen LogP contribution is 2.23. The molecule has 0 aliphatic rings. The third-order valence-electron chi connectivity index (χ3n) is 2.10. The zero-order chi connectivity index (χ0) is 12.3. The molecule has 2 rings (SSSR count). The molecule has 0 aliphatic carbocycles. The van der Waals surface area contributed by atoms with Gasteiger partial charge in [-0.05, 0) is 46.3 Å². The number of rotatable bonds is 2. The van der Waals surface area contributed by atoms with Gasteiger partial charge in [0.25, 0.3) is 0 Å². The lowest BCUT2D eigenvalue weighted by Gasteiger charge is -2.06. The van der Waals surface area contributed by atoms with Gasteiger partial charge in [-0.25, -0.2) is 4.79 Å². The Kier molecular flexibility index (Phi) is 3.97. The summed E-state index contributed by atoms with van der Waals surface area (Å²) in [4.78, 5) is 11.9. The SMILES string of the molecule is O=C(Oc1ccccc1)c1cc(Br)ccc1Br. The first-order valence-electron chi connectivity index (χ1n) is 4.89. The molecule has 2 nitrogen and oxygen atoms in total. The molecule has 0 radical (unpaired) electrons. The third kappa shape index (κ3) is 3.17. The first-order chi connectivity index (χ1) is 8.16. The first kappa shape index (κ1) is 12.3. The fourth-order valence-electron chi connectivity index (χ4n) is 1.30. The van der Waals surface area contributed by atoms with E-state index in [1.54, 1.807) is 24.3 Å². The number of hydrogen-bond acceptors (Lipinski definition) is 2. The Balaban J connectivity index is 2.23. The lowest BCUT2D eigenvalue weighted by Crippen LogP contribution is -2.09. The number of hydrogen-bond donors (Lipinski definition) is 0. The van der Waals surface area contributed by atoms with Gasteiger partial charge >= 0.3 is 5.97 Å². The average Bonchev–Trinajstić information content (AvgIpc) is 2.33. The highest BCUT2D eigenvalue weighted by atomic mass is 79.9. The summed E-state index contributed by atoms with van der Waals surface area (Å²) in [5.74, 6) is 0.147. The molecule has 0 saturated carbocycles. The number of halogens is 2. The molecule has 0 fully saturated rings. The van der Waals surface area contributed by atoms with Crippen LogP contribution in [-0.4, -0.2) is 5.97 Å². The minimum atomic E-state index is -0.385. The highest BCUT2D eigenvalue weighted by Gasteiger charge is 2.12. The molecule has 0 aromatic heterocycles. The lowest BCUT2D eigenvalue weighted by molar-refractivity contribution is 0.0734. The maximum Gasteiger partial charge on any atom is 0.344 e. The molecule has 0 saturated heterocycles. The number of para-hydroxylation sites is 1. The Labute approximate surface area is 116 Å². The number of esters is 1. The van der Waals surface area contributed by atoms with Gasteiger partial charge in [-0.3, -0.25) is 0 Å². The Morgan fingerprint density at radius 3 is 2.41 bits per heavy atom. The van der Waals surface area contributed by atoms with E-state index >= 15 is 0 Å². The summed E-state index contributed by atoms with van der Waals surface area (Å²) >= 11 is 6.64. The Morgan fingerprint density at radius 2 is 1.71 bits per heavy atom. The van der Waals surface area contributed by atoms with Crippen LogP contribution in [-0.2, 0) is 0 Å². The minimum absolute atomic E-state index is 0.385. The van der Waals surface area contributed by atoms with Gasteiger partial charge in [0.1, 0.15) is 5.75 Å². The number of benzene rings is 2. The Bertz CT molecular complexity index is 538. The summed E-state index contributed by atoms with van der Waals surface area (Å²) in [6.07, 6.45) is 0. The van der Waals surface area contributed by atoms with Crippen LogP contribution < -0.4 is 4.74 Å². The van der Waals surface area contributed by atoms with Crippen LogP contribution in [0.15, 0.2) is 57.5 Å². The van der Waals surface area contributed by atoms with E-state index in [2.05, 4.69) is 31.9 Å². The van der Waals surface area contributed by atoms with Gasteiger partial charge in [-0.1, -0.05) is 34.1 Å². The summed E-state index contributed by atoms with van der Waals surface area (Å²) in [5.41, 5.74) is 0.489. The third-order valence-corrected chi connectivity index (χ3v) is 3.29. The highest BCUT2D eigenvalue weighted by molar-refractivity contribution is 9.11. The summed E-state index contributed by atoms with van der Waals surface area (Å²) < 4.78 is 6.79. The molecule has 0 spiro atoms. The van der Waals surface area contributed by atoms with Crippen molar-refractivity contribution in [3.63, 3.8) is 0 Å². The van der Waals surface area contributed by atoms with Crippen molar-refractivity contribution in [2.45, 2.75) is 0 Å². The molecule has 0 N–H and O–H groups in total. The van der Waals surface area contributed by atoms with Crippen LogP contribution in [0.4, 0.5) is 0 Å². The van der Waals surface area contributed by atoms with E-state index in [1.165, 1.54) is 0 Å². The van der Waals surface area contributed by atoms with E-state index in [1.807, 2.05) is 24.3 Å². The molecule has 4 heteroatoms. The van der Waals surface area contributed by atoms with Gasteiger partial charge in [0.15, 0.2) is 0 Å². The normalized spacial score (nSPS) is 10.0. The van der Waals surface area contributed by atoms with Crippen LogP contribution in [0.25, 0.3) is 0 Å². The molecule has 86 valence electrons. The molecule has 0 amide bonds. The second-order valence-corrected chi connectivity index (χ2v) is 5.10. The number of ether oxygens (including phenoxy) is 1. The van der Waals surface area contributed by atoms with Gasteiger partial charge in [-0.2, -0.15) is 0 Å². The van der Waals surface area contributed by atoms with Gasteiger partial charge in [0.2, 0.25) is 0 Å². The maximum absolute atomic E-state index is 11.9. The van der Waals surface area contributed by atoms with Crippen molar-refractivity contribution in [1.29, 1.82) is 0 Å². The Hall–Kier alpha value is -1.13. The topological polar surface area (TPSA) is 26.3 Å². The predicted octanol–water partition coefficient (Wildman–Crippen LogP) is 4.43. The molecule has 2 aromatic rings. The van der Waals surface area contributed by atoms with Crippen LogP contribution >= 0.6 is 31.9 Å². The first-order valence-corrected chi connectivity index (χ1v) is 6.48. The second kappa shape index (κ2) is 5.47. The van der Waals surface area contributed by atoms with Gasteiger partial charge < -0.3 is 4.74 Å². The molecule has 0 atom stereocenters. The molecule has 2 aromatic carbocycles. The fourth-order valence-corrected chi connectivity index (χ4v) is 2.07. The van der Waals surface area contributed by atoms with Gasteiger partial charge in [0.05, 0.1) is 5.56 Å². The van der Waals surface area contributed by atoms with E-state index in [0.717, 1.165) is 4.47 Å². The van der Waals surface area contributed by atoms with Crippen molar-refractivity contribution in [2.24, 2.45) is 0 Å². The minimum Gasteiger partial charge on any atom is -0.423 e. The molecular weight excluding hydrogens is 348 g/mol. The van der Waals surface area contributed by atoms with E-state index in [-0.39, 0.29) is 5.97 Å². The lowest BCUT2D eigenvalue weighted by atomic mass is 10.2. The second-order valence-electron chi connectivity index (χ2n) is 3.33. The van der Waals surface area contributed by atoms with Crippen LogP contribution in [0, 0.1) is 0 Å². The zero-order valence-corrected chi connectivity index (χ0v) is 11.9. The van der Waals surface area contributed by atoms with E-state index in [9.17, 15) is 4.79 Å². The van der Waals surface area contributed by atoms with Crippen LogP contribution in [0.1, 0.15) is 10.4 Å². The molecule has 17 heavy (non-hydrogen) atoms. The van der Waals surface area contributed by atoms with Gasteiger partial charge in [0, 0.05) is 8.95 Å². The predicted molar refractivity (Wildman–Crippen MR) is 73.2 cm³/mol. The Morgan fingerprint density at radius 1 is 1.00 bits per heavy atom. The smallest absolute Gasteiger partial charge is 0.344 e. The zero-order valence-electron chi connectivity index (χ0n) is 8.69. The molecule has 0 aliphatic heterocycles. The van der Waals surface area contributed by atoms with Crippen molar-refractivity contribution >= 4 is 37.8 Å². The molecule has 0 bridgehead atoms. The monoisotopic (exact) mass is 354 g/mol. The summed E-state index contributed by atoms with van der Waals surface area (Å²) in [6.45, 7) is 0. The maximum atomic E-state index is 11.9. The summed E-state index contributed by atoms with van der Waals surface area (Å²) in [7, 11) is 0. The summed E-state index contributed by atoms with van der Waals surface area (Å²) in [5, 5.41) is 0. The van der Waals surface area contributed by atoms with E-state index in [4.69, 9.17) is 4.74 Å². The van der Waals surface area contributed by atoms with E-state index < -0.39 is 0 Å². The van der Waals surface area contributed by atoms with Crippen LogP contribution in [0.5, 0.6) is 5.75 Å². The molecule has 0 heterocycles. The standard InChI is InChI=1S/C13H8Br2O2/c14-9-6-7-12(15)11(8-9)13(16)17-10-4-2-1-3-5-10/h1-8H. The summed E-state index contributed by atoms with van der Waals surface area (Å²) in [6, 6.07) is 14.3.